The van der Waals surface area contributed by atoms with Crippen LogP contribution in [0.25, 0.3) is 16.9 Å². The molecule has 0 aliphatic carbocycles. The molecule has 0 spiro atoms. The lowest BCUT2D eigenvalue weighted by atomic mass is 10.1. The Morgan fingerprint density at radius 2 is 2.11 bits per heavy atom. The smallest absolute Gasteiger partial charge is 0.220 e. The van der Waals surface area contributed by atoms with E-state index in [4.69, 9.17) is 5.11 Å². The van der Waals surface area contributed by atoms with E-state index in [0.29, 0.717) is 46.6 Å². The van der Waals surface area contributed by atoms with Crippen molar-refractivity contribution in [2.75, 3.05) is 25.0 Å². The molecule has 0 aliphatic heterocycles. The lowest BCUT2D eigenvalue weighted by Crippen LogP contribution is -2.26. The first-order chi connectivity index (χ1) is 13.1. The summed E-state index contributed by atoms with van der Waals surface area (Å²) < 4.78 is 16.5. The molecule has 1 aromatic carbocycles. The largest absolute Gasteiger partial charge is 0.395 e. The molecule has 27 heavy (non-hydrogen) atoms. The summed E-state index contributed by atoms with van der Waals surface area (Å²) in [5.41, 5.74) is 1.46. The number of benzene rings is 1. The number of aliphatic hydroxyl groups excluding tert-OH is 1. The molecule has 1 amide bonds. The second-order valence-electron chi connectivity index (χ2n) is 5.84. The van der Waals surface area contributed by atoms with Gasteiger partial charge in [-0.05, 0) is 34.5 Å². The predicted octanol–water partition coefficient (Wildman–Crippen LogP) is 2.60. The Bertz CT molecular complexity index is 947. The second-order valence-corrected chi connectivity index (χ2v) is 6.69. The van der Waals surface area contributed by atoms with E-state index in [1.165, 1.54) is 6.07 Å². The fraction of sp³-hybridized carbons (Fsp3) is 0.278. The second kappa shape index (κ2) is 8.92. The topological polar surface area (TPSA) is 91.6 Å². The Morgan fingerprint density at radius 1 is 1.30 bits per heavy atom. The van der Waals surface area contributed by atoms with Crippen LogP contribution in [0, 0.1) is 5.82 Å². The Labute approximate surface area is 163 Å². The molecule has 7 nitrogen and oxygen atoms in total. The van der Waals surface area contributed by atoms with Crippen LogP contribution < -0.4 is 10.6 Å². The number of amides is 1. The van der Waals surface area contributed by atoms with Crippen LogP contribution in [0.3, 0.4) is 0 Å². The molecule has 3 rings (SSSR count). The van der Waals surface area contributed by atoms with E-state index in [-0.39, 0.29) is 24.9 Å². The molecule has 0 fully saturated rings. The first-order valence-electron chi connectivity index (χ1n) is 8.50. The van der Waals surface area contributed by atoms with Crippen LogP contribution in [0.1, 0.15) is 12.8 Å². The fourth-order valence-electron chi connectivity index (χ4n) is 2.62. The maximum atomic E-state index is 14.2. The number of fused-ring (bicyclic) bond motifs is 1. The van der Waals surface area contributed by atoms with Crippen molar-refractivity contribution in [1.29, 1.82) is 0 Å². The number of nitrogens with one attached hydrogen (secondary N) is 2. The Balaban J connectivity index is 1.78. The number of carbonyl (C=O) groups excluding carboxylic acids is 1. The minimum atomic E-state index is -0.350. The first-order valence-corrected chi connectivity index (χ1v) is 9.30. The van der Waals surface area contributed by atoms with Crippen LogP contribution in [0.2, 0.25) is 0 Å². The lowest BCUT2D eigenvalue weighted by molar-refractivity contribution is -0.121. The van der Waals surface area contributed by atoms with Crippen LogP contribution in [-0.2, 0) is 4.79 Å². The van der Waals surface area contributed by atoms with Crippen molar-refractivity contribution >= 4 is 33.3 Å². The van der Waals surface area contributed by atoms with E-state index in [1.807, 2.05) is 0 Å². The molecule has 0 aliphatic rings. The van der Waals surface area contributed by atoms with Crippen molar-refractivity contribution in [2.24, 2.45) is 0 Å². The van der Waals surface area contributed by atoms with Gasteiger partial charge in [-0.1, -0.05) is 12.1 Å². The normalized spacial score (nSPS) is 10.9. The summed E-state index contributed by atoms with van der Waals surface area (Å²) in [4.78, 5) is 16.1. The molecule has 0 radical (unpaired) electrons. The van der Waals surface area contributed by atoms with E-state index in [2.05, 4.69) is 36.6 Å². The highest BCUT2D eigenvalue weighted by molar-refractivity contribution is 9.10. The van der Waals surface area contributed by atoms with Crippen LogP contribution in [0.15, 0.2) is 41.0 Å². The fourth-order valence-corrected chi connectivity index (χ4v) is 2.97. The van der Waals surface area contributed by atoms with Crippen LogP contribution in [-0.4, -0.2) is 45.3 Å². The first kappa shape index (κ1) is 19.2. The van der Waals surface area contributed by atoms with E-state index in [0.717, 1.165) is 0 Å². The maximum absolute atomic E-state index is 14.2. The highest BCUT2D eigenvalue weighted by Gasteiger charge is 2.13. The van der Waals surface area contributed by atoms with Gasteiger partial charge in [-0.3, -0.25) is 4.79 Å². The summed E-state index contributed by atoms with van der Waals surface area (Å²) in [6, 6.07) is 8.19. The van der Waals surface area contributed by atoms with Crippen molar-refractivity contribution in [1.82, 2.24) is 19.9 Å². The zero-order chi connectivity index (χ0) is 19.2. The number of anilines is 1. The molecule has 142 valence electrons. The van der Waals surface area contributed by atoms with Crippen molar-refractivity contribution in [3.8, 4) is 11.3 Å². The summed E-state index contributed by atoms with van der Waals surface area (Å²) in [6.07, 6.45) is 2.56. The van der Waals surface area contributed by atoms with Gasteiger partial charge in [-0.2, -0.15) is 9.61 Å². The maximum Gasteiger partial charge on any atom is 0.220 e. The average molecular weight is 436 g/mol. The molecule has 0 unspecified atom stereocenters. The monoisotopic (exact) mass is 435 g/mol. The van der Waals surface area contributed by atoms with Gasteiger partial charge in [0.2, 0.25) is 5.91 Å². The Kier molecular flexibility index (Phi) is 6.36. The zero-order valence-corrected chi connectivity index (χ0v) is 16.0. The zero-order valence-electron chi connectivity index (χ0n) is 14.5. The van der Waals surface area contributed by atoms with Crippen molar-refractivity contribution < 1.29 is 14.3 Å². The van der Waals surface area contributed by atoms with Gasteiger partial charge < -0.3 is 15.7 Å². The quantitative estimate of drug-likeness (QED) is 0.473. The highest BCUT2D eigenvalue weighted by Crippen LogP contribution is 2.27. The predicted molar refractivity (Wildman–Crippen MR) is 104 cm³/mol. The minimum Gasteiger partial charge on any atom is -0.395 e. The number of rotatable bonds is 8. The number of aromatic nitrogens is 3. The average Bonchev–Trinajstić information content (AvgIpc) is 3.05. The van der Waals surface area contributed by atoms with E-state index in [9.17, 15) is 9.18 Å². The van der Waals surface area contributed by atoms with Gasteiger partial charge >= 0.3 is 0 Å². The SMILES string of the molecule is O=C(CCCNc1cc(-c2ccccc2F)nc2c(Br)cnn12)NCCO. The van der Waals surface area contributed by atoms with E-state index in [1.54, 1.807) is 35.0 Å². The molecule has 0 saturated heterocycles. The third-order valence-corrected chi connectivity index (χ3v) is 4.46. The summed E-state index contributed by atoms with van der Waals surface area (Å²) in [7, 11) is 0. The highest BCUT2D eigenvalue weighted by atomic mass is 79.9. The standard InChI is InChI=1S/C18H19BrFN5O2/c19-13-11-23-25-16(21-7-3-6-17(27)22-8-9-26)10-15(24-18(13)25)12-4-1-2-5-14(12)20/h1-2,4-5,10-11,21,26H,3,6-9H2,(H,22,27). The molecule has 2 aromatic heterocycles. The number of hydrogen-bond donors (Lipinski definition) is 3. The lowest BCUT2D eigenvalue weighted by Gasteiger charge is -2.11. The number of nitrogens with zero attached hydrogens (tertiary/aromatic N) is 3. The van der Waals surface area contributed by atoms with Gasteiger partial charge in [0.05, 0.1) is 23.0 Å². The number of halogens is 2. The van der Waals surface area contributed by atoms with Gasteiger partial charge in [-0.25, -0.2) is 9.37 Å². The van der Waals surface area contributed by atoms with Crippen LogP contribution >= 0.6 is 15.9 Å². The Hall–Kier alpha value is -2.52. The van der Waals surface area contributed by atoms with Crippen LogP contribution in [0.5, 0.6) is 0 Å². The summed E-state index contributed by atoms with van der Waals surface area (Å²) in [6.45, 7) is 0.705. The number of aliphatic hydroxyl groups is 1. The molecule has 3 N–H and O–H groups in total. The molecular weight excluding hydrogens is 417 g/mol. The van der Waals surface area contributed by atoms with E-state index >= 15 is 0 Å². The molecule has 3 aromatic rings. The van der Waals surface area contributed by atoms with Gasteiger partial charge in [-0.15, -0.1) is 0 Å². The van der Waals surface area contributed by atoms with Gasteiger partial charge in [0.15, 0.2) is 5.65 Å². The third-order valence-electron chi connectivity index (χ3n) is 3.90. The van der Waals surface area contributed by atoms with Gasteiger partial charge in [0.25, 0.3) is 0 Å². The number of hydrogen-bond acceptors (Lipinski definition) is 5. The summed E-state index contributed by atoms with van der Waals surface area (Å²) >= 11 is 3.41. The van der Waals surface area contributed by atoms with Crippen molar-refractivity contribution in [3.63, 3.8) is 0 Å². The summed E-state index contributed by atoms with van der Waals surface area (Å²) in [5, 5.41) is 18.8. The van der Waals surface area contributed by atoms with Gasteiger partial charge in [0, 0.05) is 31.1 Å². The molecule has 0 saturated carbocycles. The van der Waals surface area contributed by atoms with Gasteiger partial charge in [0.1, 0.15) is 11.6 Å². The molecule has 9 heteroatoms. The molecule has 0 atom stereocenters. The van der Waals surface area contributed by atoms with Crippen molar-refractivity contribution in [2.45, 2.75) is 12.8 Å². The molecule has 2 heterocycles. The van der Waals surface area contributed by atoms with Crippen molar-refractivity contribution in [3.05, 3.63) is 46.8 Å². The molecule has 0 bridgehead atoms. The Morgan fingerprint density at radius 3 is 2.89 bits per heavy atom. The van der Waals surface area contributed by atoms with Crippen LogP contribution in [0.4, 0.5) is 10.2 Å². The minimum absolute atomic E-state index is 0.0774. The summed E-state index contributed by atoms with van der Waals surface area (Å²) in [5.74, 6) is 0.191. The van der Waals surface area contributed by atoms with E-state index < -0.39 is 0 Å². The number of carbonyl (C=O) groups is 1. The molecular formula is C18H19BrFN5O2. The third kappa shape index (κ3) is 4.61.